The van der Waals surface area contributed by atoms with Crippen molar-refractivity contribution in [3.05, 3.63) is 18.0 Å². The van der Waals surface area contributed by atoms with Gasteiger partial charge in [0.15, 0.2) is 0 Å². The molecule has 0 atom stereocenters. The van der Waals surface area contributed by atoms with E-state index in [0.29, 0.717) is 25.3 Å². The Morgan fingerprint density at radius 3 is 2.60 bits per heavy atom. The fourth-order valence-electron chi connectivity index (χ4n) is 3.68. The Bertz CT molecular complexity index is 429. The van der Waals surface area contributed by atoms with Gasteiger partial charge in [-0.3, -0.25) is 4.68 Å². The third-order valence-electron chi connectivity index (χ3n) is 5.04. The van der Waals surface area contributed by atoms with Crippen LogP contribution in [0.3, 0.4) is 0 Å². The Morgan fingerprint density at radius 2 is 1.90 bits per heavy atom. The summed E-state index contributed by atoms with van der Waals surface area (Å²) in [5, 5.41) is 4.64. The van der Waals surface area contributed by atoms with Gasteiger partial charge in [-0.1, -0.05) is 19.3 Å². The van der Waals surface area contributed by atoms with E-state index in [0.717, 1.165) is 18.5 Å². The van der Waals surface area contributed by atoms with Crippen molar-refractivity contribution in [2.24, 2.45) is 5.73 Å². The van der Waals surface area contributed by atoms with Gasteiger partial charge >= 0.3 is 0 Å². The van der Waals surface area contributed by atoms with Crippen LogP contribution in [0.1, 0.15) is 69.5 Å². The van der Waals surface area contributed by atoms with E-state index in [4.69, 9.17) is 5.73 Å². The lowest BCUT2D eigenvalue weighted by atomic mass is 9.81. The molecule has 2 aliphatic rings. The maximum atomic E-state index is 14.8. The predicted molar refractivity (Wildman–Crippen MR) is 78.3 cm³/mol. The lowest BCUT2D eigenvalue weighted by molar-refractivity contribution is 0.0980. The highest BCUT2D eigenvalue weighted by Gasteiger charge is 2.35. The first-order valence-electron chi connectivity index (χ1n) is 8.13. The lowest BCUT2D eigenvalue weighted by Crippen LogP contribution is -2.37. The van der Waals surface area contributed by atoms with Crippen LogP contribution in [0.5, 0.6) is 0 Å². The van der Waals surface area contributed by atoms with Gasteiger partial charge in [0.25, 0.3) is 0 Å². The van der Waals surface area contributed by atoms with Gasteiger partial charge < -0.3 is 5.73 Å². The monoisotopic (exact) mass is 279 g/mol. The van der Waals surface area contributed by atoms with Crippen molar-refractivity contribution in [2.45, 2.75) is 82.0 Å². The standard InChI is InChI=1S/C16H26FN3/c17-16(9-6-13(18)7-10-16)12-14-8-11-20(19-14)15-4-2-1-3-5-15/h8,11,13,15H,1-7,9-10,12,18H2. The van der Waals surface area contributed by atoms with Gasteiger partial charge in [0.05, 0.1) is 11.7 Å². The number of hydrogen-bond donors (Lipinski definition) is 1. The first kappa shape index (κ1) is 14.1. The third-order valence-corrected chi connectivity index (χ3v) is 5.04. The van der Waals surface area contributed by atoms with E-state index in [1.54, 1.807) is 0 Å². The molecule has 3 nitrogen and oxygen atoms in total. The molecule has 0 radical (unpaired) electrons. The maximum absolute atomic E-state index is 14.8. The number of halogens is 1. The van der Waals surface area contributed by atoms with Crippen molar-refractivity contribution in [1.82, 2.24) is 9.78 Å². The third kappa shape index (κ3) is 3.22. The number of nitrogens with two attached hydrogens (primary N) is 1. The number of hydrogen-bond acceptors (Lipinski definition) is 2. The molecular weight excluding hydrogens is 253 g/mol. The highest BCUT2D eigenvalue weighted by Crippen LogP contribution is 2.34. The summed E-state index contributed by atoms with van der Waals surface area (Å²) in [7, 11) is 0. The Balaban J connectivity index is 1.62. The summed E-state index contributed by atoms with van der Waals surface area (Å²) in [5.41, 5.74) is 5.69. The summed E-state index contributed by atoms with van der Waals surface area (Å²) in [6.45, 7) is 0. The van der Waals surface area contributed by atoms with Crippen LogP contribution < -0.4 is 5.73 Å². The molecule has 0 aliphatic heterocycles. The second kappa shape index (κ2) is 5.84. The zero-order valence-electron chi connectivity index (χ0n) is 12.2. The zero-order chi connectivity index (χ0) is 14.0. The molecule has 2 saturated carbocycles. The van der Waals surface area contributed by atoms with Gasteiger partial charge in [-0.05, 0) is 44.6 Å². The SMILES string of the molecule is NC1CCC(F)(Cc2ccn(C3CCCCC3)n2)CC1. The van der Waals surface area contributed by atoms with Crippen LogP contribution >= 0.6 is 0 Å². The van der Waals surface area contributed by atoms with Crippen LogP contribution in [0.4, 0.5) is 4.39 Å². The summed E-state index contributed by atoms with van der Waals surface area (Å²) < 4.78 is 16.9. The first-order valence-corrected chi connectivity index (χ1v) is 8.13. The molecule has 0 saturated heterocycles. The normalized spacial score (nSPS) is 32.4. The number of nitrogens with zero attached hydrogens (tertiary/aromatic N) is 2. The molecule has 1 heterocycles. The highest BCUT2D eigenvalue weighted by molar-refractivity contribution is 5.06. The first-order chi connectivity index (χ1) is 9.65. The molecule has 2 aliphatic carbocycles. The molecule has 2 fully saturated rings. The fraction of sp³-hybridized carbons (Fsp3) is 0.812. The number of rotatable bonds is 3. The van der Waals surface area contributed by atoms with E-state index < -0.39 is 5.67 Å². The summed E-state index contributed by atoms with van der Waals surface area (Å²) in [6.07, 6.45) is 11.7. The van der Waals surface area contributed by atoms with E-state index in [-0.39, 0.29) is 6.04 Å². The number of alkyl halides is 1. The minimum Gasteiger partial charge on any atom is -0.328 e. The Kier molecular flexibility index (Phi) is 4.11. The van der Waals surface area contributed by atoms with E-state index in [1.165, 1.54) is 32.1 Å². The van der Waals surface area contributed by atoms with Crippen molar-refractivity contribution in [1.29, 1.82) is 0 Å². The van der Waals surface area contributed by atoms with Gasteiger partial charge in [0, 0.05) is 18.7 Å². The minimum atomic E-state index is -1.08. The van der Waals surface area contributed by atoms with Crippen LogP contribution in [0, 0.1) is 0 Å². The van der Waals surface area contributed by atoms with Gasteiger partial charge in [-0.2, -0.15) is 5.10 Å². The van der Waals surface area contributed by atoms with Crippen molar-refractivity contribution in [3.63, 3.8) is 0 Å². The Morgan fingerprint density at radius 1 is 1.20 bits per heavy atom. The fourth-order valence-corrected chi connectivity index (χ4v) is 3.68. The Hall–Kier alpha value is -0.900. The molecular formula is C16H26FN3. The molecule has 0 bridgehead atoms. The molecule has 1 aromatic rings. The second-order valence-corrected chi connectivity index (χ2v) is 6.74. The summed E-state index contributed by atoms with van der Waals surface area (Å²) in [6, 6.07) is 2.73. The van der Waals surface area contributed by atoms with Crippen LogP contribution in [-0.2, 0) is 6.42 Å². The van der Waals surface area contributed by atoms with E-state index in [9.17, 15) is 4.39 Å². The molecule has 2 N–H and O–H groups in total. The average Bonchev–Trinajstić information content (AvgIpc) is 2.92. The Labute approximate surface area is 120 Å². The van der Waals surface area contributed by atoms with E-state index in [2.05, 4.69) is 9.78 Å². The van der Waals surface area contributed by atoms with Crippen LogP contribution in [0.25, 0.3) is 0 Å². The van der Waals surface area contributed by atoms with Gasteiger partial charge in [-0.25, -0.2) is 4.39 Å². The molecule has 0 aromatic carbocycles. The van der Waals surface area contributed by atoms with Crippen molar-refractivity contribution in [3.8, 4) is 0 Å². The van der Waals surface area contributed by atoms with Crippen LogP contribution in [0.2, 0.25) is 0 Å². The lowest BCUT2D eigenvalue weighted by Gasteiger charge is -2.32. The molecule has 0 spiro atoms. The smallest absolute Gasteiger partial charge is 0.116 e. The van der Waals surface area contributed by atoms with Crippen LogP contribution in [-0.4, -0.2) is 21.5 Å². The molecule has 1 aromatic heterocycles. The van der Waals surface area contributed by atoms with E-state index >= 15 is 0 Å². The highest BCUT2D eigenvalue weighted by atomic mass is 19.1. The minimum absolute atomic E-state index is 0.193. The van der Waals surface area contributed by atoms with Gasteiger partial charge in [0.2, 0.25) is 0 Å². The van der Waals surface area contributed by atoms with Crippen molar-refractivity contribution < 1.29 is 4.39 Å². The quantitative estimate of drug-likeness (QED) is 0.919. The average molecular weight is 279 g/mol. The molecule has 0 amide bonds. The number of aromatic nitrogens is 2. The second-order valence-electron chi connectivity index (χ2n) is 6.74. The largest absolute Gasteiger partial charge is 0.328 e. The molecule has 0 unspecified atom stereocenters. The predicted octanol–water partition coefficient (Wildman–Crippen LogP) is 3.54. The molecule has 112 valence electrons. The van der Waals surface area contributed by atoms with Crippen LogP contribution in [0.15, 0.2) is 12.3 Å². The molecule has 20 heavy (non-hydrogen) atoms. The maximum Gasteiger partial charge on any atom is 0.116 e. The van der Waals surface area contributed by atoms with E-state index in [1.807, 2.05) is 12.3 Å². The van der Waals surface area contributed by atoms with Crippen molar-refractivity contribution in [2.75, 3.05) is 0 Å². The summed E-state index contributed by atoms with van der Waals surface area (Å²) in [4.78, 5) is 0. The molecule has 3 rings (SSSR count). The van der Waals surface area contributed by atoms with Gasteiger partial charge in [-0.15, -0.1) is 0 Å². The zero-order valence-corrected chi connectivity index (χ0v) is 12.2. The van der Waals surface area contributed by atoms with Crippen molar-refractivity contribution >= 4 is 0 Å². The summed E-state index contributed by atoms with van der Waals surface area (Å²) in [5.74, 6) is 0. The topological polar surface area (TPSA) is 43.8 Å². The van der Waals surface area contributed by atoms with Gasteiger partial charge in [0.1, 0.15) is 5.67 Å². The summed E-state index contributed by atoms with van der Waals surface area (Å²) >= 11 is 0. The molecule has 4 heteroatoms.